The average Bonchev–Trinajstić information content (AvgIpc) is 2.81. The molecule has 0 fully saturated rings. The molecule has 1 aliphatic rings. The number of pyridine rings is 1. The van der Waals surface area contributed by atoms with Gasteiger partial charge < -0.3 is 5.11 Å². The van der Waals surface area contributed by atoms with Gasteiger partial charge in [-0.25, -0.2) is 0 Å². The molecule has 3 rings (SSSR count). The van der Waals surface area contributed by atoms with Crippen molar-refractivity contribution < 1.29 is 9.90 Å². The van der Waals surface area contributed by atoms with Gasteiger partial charge in [-0.15, -0.1) is 0 Å². The topological polar surface area (TPSA) is 50.2 Å². The van der Waals surface area contributed by atoms with E-state index in [-0.39, 0.29) is 5.92 Å². The fourth-order valence-corrected chi connectivity index (χ4v) is 2.66. The van der Waals surface area contributed by atoms with E-state index >= 15 is 0 Å². The summed E-state index contributed by atoms with van der Waals surface area (Å²) in [5.74, 6) is -0.970. The summed E-state index contributed by atoms with van der Waals surface area (Å²) in [5.41, 5.74) is 5.30. The number of carboxylic acids is 1. The van der Waals surface area contributed by atoms with Crippen LogP contribution in [0.25, 0.3) is 11.3 Å². The zero-order valence-electron chi connectivity index (χ0n) is 10.8. The highest BCUT2D eigenvalue weighted by Crippen LogP contribution is 2.30. The smallest absolute Gasteiger partial charge is 0.307 e. The molecule has 0 amide bonds. The Morgan fingerprint density at radius 3 is 2.74 bits per heavy atom. The van der Waals surface area contributed by atoms with E-state index < -0.39 is 5.97 Å². The first-order valence-electron chi connectivity index (χ1n) is 6.42. The van der Waals surface area contributed by atoms with E-state index in [1.165, 1.54) is 0 Å². The second-order valence-electron chi connectivity index (χ2n) is 5.09. The van der Waals surface area contributed by atoms with Crippen molar-refractivity contribution in [1.82, 2.24) is 4.98 Å². The van der Waals surface area contributed by atoms with Crippen LogP contribution in [0.15, 0.2) is 36.4 Å². The van der Waals surface area contributed by atoms with Crippen molar-refractivity contribution in [3.63, 3.8) is 0 Å². The first-order valence-corrected chi connectivity index (χ1v) is 6.42. The van der Waals surface area contributed by atoms with E-state index in [9.17, 15) is 4.79 Å². The van der Waals surface area contributed by atoms with E-state index in [0.717, 1.165) is 28.1 Å². The molecule has 0 bridgehead atoms. The van der Waals surface area contributed by atoms with Crippen LogP contribution in [-0.4, -0.2) is 16.1 Å². The summed E-state index contributed by atoms with van der Waals surface area (Å²) in [6, 6.07) is 12.1. The van der Waals surface area contributed by atoms with Crippen LogP contribution in [0.1, 0.15) is 16.8 Å². The van der Waals surface area contributed by atoms with E-state index in [1.54, 1.807) is 0 Å². The van der Waals surface area contributed by atoms with Crippen molar-refractivity contribution in [2.75, 3.05) is 0 Å². The van der Waals surface area contributed by atoms with Gasteiger partial charge >= 0.3 is 5.97 Å². The van der Waals surface area contributed by atoms with Crippen LogP contribution in [0.5, 0.6) is 0 Å². The lowest BCUT2D eigenvalue weighted by Gasteiger charge is -2.05. The molecular weight excluding hydrogens is 238 g/mol. The lowest BCUT2D eigenvalue weighted by atomic mass is 10.0. The summed E-state index contributed by atoms with van der Waals surface area (Å²) in [7, 11) is 0. The lowest BCUT2D eigenvalue weighted by Crippen LogP contribution is -2.12. The molecule has 1 N–H and O–H groups in total. The summed E-state index contributed by atoms with van der Waals surface area (Å²) in [6.45, 7) is 1.97. The maximum Gasteiger partial charge on any atom is 0.307 e. The minimum Gasteiger partial charge on any atom is -0.481 e. The van der Waals surface area contributed by atoms with Gasteiger partial charge in [0, 0.05) is 11.3 Å². The molecule has 19 heavy (non-hydrogen) atoms. The Kier molecular flexibility index (Phi) is 2.82. The van der Waals surface area contributed by atoms with Crippen molar-refractivity contribution >= 4 is 5.97 Å². The van der Waals surface area contributed by atoms with Gasteiger partial charge in [-0.2, -0.15) is 0 Å². The minimum atomic E-state index is -0.702. The zero-order valence-corrected chi connectivity index (χ0v) is 10.8. The number of rotatable bonds is 2. The number of aromatic nitrogens is 1. The molecule has 3 heteroatoms. The number of nitrogens with zero attached hydrogens (tertiary/aromatic N) is 1. The Morgan fingerprint density at radius 1 is 1.21 bits per heavy atom. The van der Waals surface area contributed by atoms with Crippen LogP contribution in [0.2, 0.25) is 0 Å². The maximum atomic E-state index is 11.1. The molecule has 0 aliphatic heterocycles. The Hall–Kier alpha value is -2.16. The first-order chi connectivity index (χ1) is 9.13. The van der Waals surface area contributed by atoms with Gasteiger partial charge in [0.05, 0.1) is 11.6 Å². The fraction of sp³-hybridized carbons (Fsp3) is 0.250. The van der Waals surface area contributed by atoms with Gasteiger partial charge in [0.25, 0.3) is 0 Å². The average molecular weight is 253 g/mol. The summed E-state index contributed by atoms with van der Waals surface area (Å²) in [6.07, 6.45) is 1.27. The number of carbonyl (C=O) groups is 1. The predicted octanol–water partition coefficient (Wildman–Crippen LogP) is 2.86. The van der Waals surface area contributed by atoms with Crippen LogP contribution >= 0.6 is 0 Å². The third kappa shape index (κ3) is 2.24. The standard InChI is InChI=1S/C16H15NO2/c1-10-3-2-4-15(17-10)12-6-5-11-7-14(16(18)19)9-13(11)8-12/h2-6,8,14H,7,9H2,1H3,(H,18,19). The van der Waals surface area contributed by atoms with Gasteiger partial charge in [0.15, 0.2) is 0 Å². The number of hydrogen-bond acceptors (Lipinski definition) is 2. The molecule has 1 aromatic carbocycles. The van der Waals surface area contributed by atoms with Gasteiger partial charge in [-0.3, -0.25) is 9.78 Å². The van der Waals surface area contributed by atoms with E-state index in [4.69, 9.17) is 5.11 Å². The third-order valence-electron chi connectivity index (χ3n) is 3.67. The number of hydrogen-bond donors (Lipinski definition) is 1. The molecular formula is C16H15NO2. The largest absolute Gasteiger partial charge is 0.481 e. The molecule has 1 aliphatic carbocycles. The zero-order chi connectivity index (χ0) is 13.4. The second kappa shape index (κ2) is 4.50. The summed E-state index contributed by atoms with van der Waals surface area (Å²) in [4.78, 5) is 15.6. The molecule has 0 spiro atoms. The lowest BCUT2D eigenvalue weighted by molar-refractivity contribution is -0.141. The molecule has 1 unspecified atom stereocenters. The first kappa shape index (κ1) is 11.9. The van der Waals surface area contributed by atoms with Gasteiger partial charge in [-0.05, 0) is 49.1 Å². The quantitative estimate of drug-likeness (QED) is 0.895. The van der Waals surface area contributed by atoms with Crippen molar-refractivity contribution in [2.24, 2.45) is 5.92 Å². The van der Waals surface area contributed by atoms with Crippen molar-refractivity contribution in [1.29, 1.82) is 0 Å². The van der Waals surface area contributed by atoms with Gasteiger partial charge in [0.1, 0.15) is 0 Å². The highest BCUT2D eigenvalue weighted by molar-refractivity contribution is 5.73. The van der Waals surface area contributed by atoms with Crippen LogP contribution in [0.4, 0.5) is 0 Å². The highest BCUT2D eigenvalue weighted by Gasteiger charge is 2.27. The molecule has 1 heterocycles. The van der Waals surface area contributed by atoms with Gasteiger partial charge in [0.2, 0.25) is 0 Å². The second-order valence-corrected chi connectivity index (χ2v) is 5.09. The van der Waals surface area contributed by atoms with Crippen molar-refractivity contribution in [3.8, 4) is 11.3 Å². The Balaban J connectivity index is 1.96. The van der Waals surface area contributed by atoms with E-state index in [1.807, 2.05) is 37.3 Å². The molecule has 1 aromatic heterocycles. The molecule has 1 atom stereocenters. The number of benzene rings is 1. The third-order valence-corrected chi connectivity index (χ3v) is 3.67. The fourth-order valence-electron chi connectivity index (χ4n) is 2.66. The molecule has 0 saturated carbocycles. The van der Waals surface area contributed by atoms with Crippen molar-refractivity contribution in [2.45, 2.75) is 19.8 Å². The number of aryl methyl sites for hydroxylation is 1. The van der Waals surface area contributed by atoms with Gasteiger partial charge in [-0.1, -0.05) is 18.2 Å². The van der Waals surface area contributed by atoms with Crippen molar-refractivity contribution in [3.05, 3.63) is 53.2 Å². The van der Waals surface area contributed by atoms with Crippen LogP contribution in [0.3, 0.4) is 0 Å². The SMILES string of the molecule is Cc1cccc(-c2ccc3c(c2)CC(C(=O)O)C3)n1. The summed E-state index contributed by atoms with van der Waals surface area (Å²) < 4.78 is 0. The summed E-state index contributed by atoms with van der Waals surface area (Å²) in [5, 5.41) is 9.10. The maximum absolute atomic E-state index is 11.1. The Labute approximate surface area is 111 Å². The van der Waals surface area contributed by atoms with E-state index in [0.29, 0.717) is 12.8 Å². The number of fused-ring (bicyclic) bond motifs is 1. The predicted molar refractivity (Wildman–Crippen MR) is 72.9 cm³/mol. The van der Waals surface area contributed by atoms with E-state index in [2.05, 4.69) is 11.1 Å². The molecule has 0 radical (unpaired) electrons. The molecule has 2 aromatic rings. The number of carboxylic acid groups (broad SMARTS) is 1. The summed E-state index contributed by atoms with van der Waals surface area (Å²) >= 11 is 0. The van der Waals surface area contributed by atoms with Crippen LogP contribution < -0.4 is 0 Å². The van der Waals surface area contributed by atoms with Crippen LogP contribution in [0, 0.1) is 12.8 Å². The molecule has 96 valence electrons. The Bertz CT molecular complexity index is 649. The number of aliphatic carboxylic acids is 1. The monoisotopic (exact) mass is 253 g/mol. The highest BCUT2D eigenvalue weighted by atomic mass is 16.4. The minimum absolute atomic E-state index is 0.268. The Morgan fingerprint density at radius 2 is 2.00 bits per heavy atom. The van der Waals surface area contributed by atoms with Crippen LogP contribution in [-0.2, 0) is 17.6 Å². The molecule has 3 nitrogen and oxygen atoms in total. The normalized spacial score (nSPS) is 17.2. The molecule has 0 saturated heterocycles.